The lowest BCUT2D eigenvalue weighted by Gasteiger charge is -2.17. The lowest BCUT2D eigenvalue weighted by molar-refractivity contribution is -0.385. The Balaban J connectivity index is 2.05. The zero-order chi connectivity index (χ0) is 13.1. The molecule has 2 unspecified atom stereocenters. The van der Waals surface area contributed by atoms with Crippen LogP contribution in [-0.4, -0.2) is 11.5 Å². The van der Waals surface area contributed by atoms with E-state index in [2.05, 4.69) is 12.2 Å². The average Bonchev–Trinajstić information content (AvgIpc) is 2.73. The Kier molecular flexibility index (Phi) is 3.84. The van der Waals surface area contributed by atoms with E-state index in [0.717, 1.165) is 23.7 Å². The molecule has 4 nitrogen and oxygen atoms in total. The Labute approximate surface area is 108 Å². The van der Waals surface area contributed by atoms with Gasteiger partial charge in [0.15, 0.2) is 0 Å². The first kappa shape index (κ1) is 12.9. The van der Waals surface area contributed by atoms with Gasteiger partial charge in [0, 0.05) is 23.9 Å². The smallest absolute Gasteiger partial charge is 0.274 e. The SMILES string of the molecule is Cc1c(NCC2CCCC2C)cccc1[N+](=O)[O-]. The summed E-state index contributed by atoms with van der Waals surface area (Å²) in [5.41, 5.74) is 1.82. The van der Waals surface area contributed by atoms with Crippen LogP contribution in [0.4, 0.5) is 11.4 Å². The molecule has 0 saturated heterocycles. The molecule has 0 amide bonds. The van der Waals surface area contributed by atoms with E-state index in [1.165, 1.54) is 19.3 Å². The van der Waals surface area contributed by atoms with Crippen molar-refractivity contribution in [1.29, 1.82) is 0 Å². The van der Waals surface area contributed by atoms with Crippen LogP contribution in [0.25, 0.3) is 0 Å². The highest BCUT2D eigenvalue weighted by Crippen LogP contribution is 2.32. The highest BCUT2D eigenvalue weighted by molar-refractivity contribution is 5.59. The van der Waals surface area contributed by atoms with Crippen LogP contribution in [0.2, 0.25) is 0 Å². The number of nitro benzene ring substituents is 1. The predicted molar refractivity (Wildman–Crippen MR) is 72.8 cm³/mol. The zero-order valence-corrected chi connectivity index (χ0v) is 11.0. The van der Waals surface area contributed by atoms with Gasteiger partial charge in [0.2, 0.25) is 0 Å². The molecule has 0 radical (unpaired) electrons. The molecule has 1 aromatic rings. The van der Waals surface area contributed by atoms with Crippen LogP contribution in [0.5, 0.6) is 0 Å². The normalized spacial score (nSPS) is 23.0. The first-order chi connectivity index (χ1) is 8.59. The van der Waals surface area contributed by atoms with Gasteiger partial charge < -0.3 is 5.32 Å². The third-order valence-corrected chi connectivity index (χ3v) is 4.10. The molecule has 2 rings (SSSR count). The molecule has 2 atom stereocenters. The Hall–Kier alpha value is -1.58. The Morgan fingerprint density at radius 1 is 1.44 bits per heavy atom. The molecule has 1 aromatic carbocycles. The summed E-state index contributed by atoms with van der Waals surface area (Å²) in [6, 6.07) is 5.21. The van der Waals surface area contributed by atoms with E-state index < -0.39 is 0 Å². The fraction of sp³-hybridized carbons (Fsp3) is 0.571. The van der Waals surface area contributed by atoms with Crippen LogP contribution < -0.4 is 5.32 Å². The number of nitro groups is 1. The molecule has 1 aliphatic carbocycles. The lowest BCUT2D eigenvalue weighted by Crippen LogP contribution is -2.17. The Morgan fingerprint density at radius 3 is 2.83 bits per heavy atom. The fourth-order valence-corrected chi connectivity index (χ4v) is 2.78. The van der Waals surface area contributed by atoms with Crippen LogP contribution in [0.3, 0.4) is 0 Å². The first-order valence-corrected chi connectivity index (χ1v) is 6.57. The first-order valence-electron chi connectivity index (χ1n) is 6.57. The van der Waals surface area contributed by atoms with Crippen molar-refractivity contribution in [3.63, 3.8) is 0 Å². The molecular formula is C14H20N2O2. The van der Waals surface area contributed by atoms with Crippen molar-refractivity contribution in [1.82, 2.24) is 0 Å². The summed E-state index contributed by atoms with van der Waals surface area (Å²) in [6.07, 6.45) is 3.88. The molecule has 0 heterocycles. The average molecular weight is 248 g/mol. The second-order valence-corrected chi connectivity index (χ2v) is 5.26. The summed E-state index contributed by atoms with van der Waals surface area (Å²) >= 11 is 0. The van der Waals surface area contributed by atoms with Gasteiger partial charge in [-0.05, 0) is 31.2 Å². The van der Waals surface area contributed by atoms with Crippen molar-refractivity contribution in [2.24, 2.45) is 11.8 Å². The van der Waals surface area contributed by atoms with Crippen molar-refractivity contribution in [2.45, 2.75) is 33.1 Å². The van der Waals surface area contributed by atoms with Crippen molar-refractivity contribution in [3.8, 4) is 0 Å². The van der Waals surface area contributed by atoms with Gasteiger partial charge in [-0.2, -0.15) is 0 Å². The zero-order valence-electron chi connectivity index (χ0n) is 11.0. The number of hydrogen-bond donors (Lipinski definition) is 1. The van der Waals surface area contributed by atoms with Crippen LogP contribution in [0, 0.1) is 28.9 Å². The van der Waals surface area contributed by atoms with Gasteiger partial charge in [-0.1, -0.05) is 25.8 Å². The van der Waals surface area contributed by atoms with Crippen LogP contribution in [0.15, 0.2) is 18.2 Å². The molecule has 0 bridgehead atoms. The summed E-state index contributed by atoms with van der Waals surface area (Å²) in [5.74, 6) is 1.46. The van der Waals surface area contributed by atoms with Crippen LogP contribution >= 0.6 is 0 Å². The van der Waals surface area contributed by atoms with Crippen molar-refractivity contribution < 1.29 is 4.92 Å². The number of hydrogen-bond acceptors (Lipinski definition) is 3. The second kappa shape index (κ2) is 5.38. The summed E-state index contributed by atoms with van der Waals surface area (Å²) in [7, 11) is 0. The Morgan fingerprint density at radius 2 is 2.22 bits per heavy atom. The van der Waals surface area contributed by atoms with E-state index in [0.29, 0.717) is 5.92 Å². The van der Waals surface area contributed by atoms with E-state index >= 15 is 0 Å². The summed E-state index contributed by atoms with van der Waals surface area (Å²) in [5, 5.41) is 14.2. The number of nitrogens with one attached hydrogen (secondary N) is 1. The molecule has 1 fully saturated rings. The van der Waals surface area contributed by atoms with Gasteiger partial charge in [-0.15, -0.1) is 0 Å². The quantitative estimate of drug-likeness (QED) is 0.652. The third kappa shape index (κ3) is 2.63. The molecule has 0 aromatic heterocycles. The summed E-state index contributed by atoms with van der Waals surface area (Å²) in [4.78, 5) is 10.5. The molecule has 18 heavy (non-hydrogen) atoms. The maximum absolute atomic E-state index is 10.9. The maximum Gasteiger partial charge on any atom is 0.274 e. The van der Waals surface area contributed by atoms with E-state index in [1.54, 1.807) is 19.1 Å². The second-order valence-electron chi connectivity index (χ2n) is 5.26. The van der Waals surface area contributed by atoms with Gasteiger partial charge in [-0.3, -0.25) is 10.1 Å². The van der Waals surface area contributed by atoms with Gasteiger partial charge in [-0.25, -0.2) is 0 Å². The Bertz CT molecular complexity index is 445. The molecular weight excluding hydrogens is 228 g/mol. The van der Waals surface area contributed by atoms with Crippen LogP contribution in [0.1, 0.15) is 31.7 Å². The molecule has 98 valence electrons. The van der Waals surface area contributed by atoms with E-state index in [4.69, 9.17) is 0 Å². The van der Waals surface area contributed by atoms with Gasteiger partial charge >= 0.3 is 0 Å². The minimum atomic E-state index is -0.321. The minimum absolute atomic E-state index is 0.194. The number of rotatable bonds is 4. The highest BCUT2D eigenvalue weighted by atomic mass is 16.6. The van der Waals surface area contributed by atoms with E-state index in [-0.39, 0.29) is 10.6 Å². The maximum atomic E-state index is 10.9. The molecule has 4 heteroatoms. The largest absolute Gasteiger partial charge is 0.384 e. The van der Waals surface area contributed by atoms with Gasteiger partial charge in [0.25, 0.3) is 5.69 Å². The third-order valence-electron chi connectivity index (χ3n) is 4.10. The fourth-order valence-electron chi connectivity index (χ4n) is 2.78. The van der Waals surface area contributed by atoms with Crippen molar-refractivity contribution in [3.05, 3.63) is 33.9 Å². The molecule has 0 aliphatic heterocycles. The number of benzene rings is 1. The summed E-state index contributed by atoms with van der Waals surface area (Å²) in [6.45, 7) is 5.02. The topological polar surface area (TPSA) is 55.2 Å². The molecule has 0 spiro atoms. The standard InChI is InChI=1S/C14H20N2O2/c1-10-5-3-6-12(10)9-15-13-7-4-8-14(11(13)2)16(17)18/h4,7-8,10,12,15H,3,5-6,9H2,1-2H3. The number of anilines is 1. The van der Waals surface area contributed by atoms with Crippen molar-refractivity contribution in [2.75, 3.05) is 11.9 Å². The molecule has 1 aliphatic rings. The molecule has 1 saturated carbocycles. The van der Waals surface area contributed by atoms with Gasteiger partial charge in [0.1, 0.15) is 0 Å². The minimum Gasteiger partial charge on any atom is -0.384 e. The lowest BCUT2D eigenvalue weighted by atomic mass is 9.98. The number of nitrogens with zero attached hydrogens (tertiary/aromatic N) is 1. The molecule has 1 N–H and O–H groups in total. The van der Waals surface area contributed by atoms with Crippen molar-refractivity contribution >= 4 is 11.4 Å². The summed E-state index contributed by atoms with van der Waals surface area (Å²) < 4.78 is 0. The predicted octanol–water partition coefficient (Wildman–Crippen LogP) is 3.75. The van der Waals surface area contributed by atoms with Crippen LogP contribution in [-0.2, 0) is 0 Å². The van der Waals surface area contributed by atoms with E-state index in [9.17, 15) is 10.1 Å². The van der Waals surface area contributed by atoms with Gasteiger partial charge in [0.05, 0.1) is 4.92 Å². The highest BCUT2D eigenvalue weighted by Gasteiger charge is 2.23. The van der Waals surface area contributed by atoms with E-state index in [1.807, 2.05) is 6.07 Å². The monoisotopic (exact) mass is 248 g/mol.